The predicted molar refractivity (Wildman–Crippen MR) is 80.4 cm³/mol. The lowest BCUT2D eigenvalue weighted by Gasteiger charge is -2.09. The quantitative estimate of drug-likeness (QED) is 0.899. The first-order chi connectivity index (χ1) is 9.13. The van der Waals surface area contributed by atoms with E-state index in [1.165, 1.54) is 0 Å². The molecule has 19 heavy (non-hydrogen) atoms. The maximum atomic E-state index is 5.68. The van der Waals surface area contributed by atoms with Gasteiger partial charge in [-0.25, -0.2) is 4.98 Å². The maximum absolute atomic E-state index is 5.68. The van der Waals surface area contributed by atoms with Gasteiger partial charge in [0.2, 0.25) is 5.88 Å². The Balaban J connectivity index is 1.98. The van der Waals surface area contributed by atoms with Gasteiger partial charge in [-0.3, -0.25) is 0 Å². The van der Waals surface area contributed by atoms with Gasteiger partial charge in [0, 0.05) is 29.3 Å². The molecule has 1 heterocycles. The van der Waals surface area contributed by atoms with Crippen LogP contribution in [0.15, 0.2) is 47.1 Å². The average Bonchev–Trinajstić information content (AvgIpc) is 2.38. The maximum Gasteiger partial charge on any atom is 0.219 e. The van der Waals surface area contributed by atoms with E-state index in [-0.39, 0.29) is 0 Å². The van der Waals surface area contributed by atoms with Crippen molar-refractivity contribution >= 4 is 15.9 Å². The molecule has 0 fully saturated rings. The fourth-order valence-corrected chi connectivity index (χ4v) is 1.93. The molecule has 0 aliphatic carbocycles. The number of hydrogen-bond acceptors (Lipinski definition) is 3. The Kier molecular flexibility index (Phi) is 4.93. The normalized spacial score (nSPS) is 10.7. The van der Waals surface area contributed by atoms with Gasteiger partial charge in [0.25, 0.3) is 0 Å². The van der Waals surface area contributed by atoms with Crippen LogP contribution in [0.2, 0.25) is 0 Å². The molecular formula is C15H17BrN2O. The summed E-state index contributed by atoms with van der Waals surface area (Å²) in [5.74, 6) is 1.38. The lowest BCUT2D eigenvalue weighted by atomic mass is 10.2. The molecule has 0 aliphatic rings. The molecule has 0 aliphatic heterocycles. The van der Waals surface area contributed by atoms with Gasteiger partial charge in [0.15, 0.2) is 0 Å². The third-order valence-electron chi connectivity index (χ3n) is 2.53. The van der Waals surface area contributed by atoms with Crippen LogP contribution in [0.1, 0.15) is 19.4 Å². The van der Waals surface area contributed by atoms with Crippen molar-refractivity contribution in [3.05, 3.63) is 52.6 Å². The highest BCUT2D eigenvalue weighted by atomic mass is 79.9. The van der Waals surface area contributed by atoms with Crippen molar-refractivity contribution in [2.24, 2.45) is 0 Å². The molecule has 0 amide bonds. The Bertz CT molecular complexity index is 526. The lowest BCUT2D eigenvalue weighted by Crippen LogP contribution is -2.21. The molecule has 2 rings (SSSR count). The highest BCUT2D eigenvalue weighted by Crippen LogP contribution is 2.22. The Morgan fingerprint density at radius 3 is 2.74 bits per heavy atom. The van der Waals surface area contributed by atoms with Crippen LogP contribution < -0.4 is 10.1 Å². The minimum absolute atomic E-state index is 0.470. The highest BCUT2D eigenvalue weighted by molar-refractivity contribution is 9.10. The Labute approximate surface area is 122 Å². The van der Waals surface area contributed by atoms with E-state index in [0.29, 0.717) is 11.9 Å². The van der Waals surface area contributed by atoms with E-state index in [9.17, 15) is 0 Å². The molecule has 0 saturated carbocycles. The third-order valence-corrected chi connectivity index (χ3v) is 3.02. The summed E-state index contributed by atoms with van der Waals surface area (Å²) in [6, 6.07) is 12.1. The summed E-state index contributed by atoms with van der Waals surface area (Å²) in [5, 5.41) is 3.35. The van der Waals surface area contributed by atoms with Crippen LogP contribution >= 0.6 is 15.9 Å². The molecule has 4 heteroatoms. The predicted octanol–water partition coefficient (Wildman–Crippen LogP) is 4.13. The molecule has 0 unspecified atom stereocenters. The molecular weight excluding hydrogens is 304 g/mol. The summed E-state index contributed by atoms with van der Waals surface area (Å²) < 4.78 is 6.67. The largest absolute Gasteiger partial charge is 0.439 e. The zero-order chi connectivity index (χ0) is 13.7. The Hall–Kier alpha value is -1.39. The molecule has 0 bridgehead atoms. The first kappa shape index (κ1) is 14.0. The van der Waals surface area contributed by atoms with Gasteiger partial charge >= 0.3 is 0 Å². The van der Waals surface area contributed by atoms with Gasteiger partial charge < -0.3 is 10.1 Å². The second-order valence-electron chi connectivity index (χ2n) is 4.60. The number of pyridine rings is 1. The fourth-order valence-electron chi connectivity index (χ4n) is 1.55. The molecule has 2 aromatic rings. The van der Waals surface area contributed by atoms with Crippen LogP contribution in [0.25, 0.3) is 0 Å². The highest BCUT2D eigenvalue weighted by Gasteiger charge is 2.00. The van der Waals surface area contributed by atoms with Crippen molar-refractivity contribution in [2.75, 3.05) is 0 Å². The van der Waals surface area contributed by atoms with Crippen LogP contribution in [0.4, 0.5) is 0 Å². The Morgan fingerprint density at radius 2 is 2.11 bits per heavy atom. The molecule has 0 radical (unpaired) electrons. The molecule has 100 valence electrons. The monoisotopic (exact) mass is 320 g/mol. The number of nitrogens with one attached hydrogen (secondary N) is 1. The number of halogens is 1. The van der Waals surface area contributed by atoms with Crippen molar-refractivity contribution in [3.8, 4) is 11.6 Å². The van der Waals surface area contributed by atoms with Crippen molar-refractivity contribution in [3.63, 3.8) is 0 Å². The van der Waals surface area contributed by atoms with Gasteiger partial charge in [0.1, 0.15) is 5.75 Å². The van der Waals surface area contributed by atoms with Gasteiger partial charge in [-0.15, -0.1) is 0 Å². The Morgan fingerprint density at radius 1 is 1.26 bits per heavy atom. The van der Waals surface area contributed by atoms with Gasteiger partial charge in [-0.05, 0) is 23.8 Å². The topological polar surface area (TPSA) is 34.1 Å². The zero-order valence-electron chi connectivity index (χ0n) is 11.1. The van der Waals surface area contributed by atoms with Crippen molar-refractivity contribution < 1.29 is 4.74 Å². The lowest BCUT2D eigenvalue weighted by molar-refractivity contribution is 0.462. The molecule has 1 aromatic carbocycles. The summed E-state index contributed by atoms with van der Waals surface area (Å²) in [6.45, 7) is 5.07. The first-order valence-corrected chi connectivity index (χ1v) is 7.04. The van der Waals surface area contributed by atoms with Gasteiger partial charge in [0.05, 0.1) is 0 Å². The summed E-state index contributed by atoms with van der Waals surface area (Å²) >= 11 is 3.41. The van der Waals surface area contributed by atoms with Crippen molar-refractivity contribution in [1.82, 2.24) is 10.3 Å². The number of benzene rings is 1. The summed E-state index contributed by atoms with van der Waals surface area (Å²) in [5.41, 5.74) is 1.15. The van der Waals surface area contributed by atoms with E-state index >= 15 is 0 Å². The average molecular weight is 321 g/mol. The van der Waals surface area contributed by atoms with Crippen LogP contribution in [0.5, 0.6) is 11.6 Å². The van der Waals surface area contributed by atoms with Crippen LogP contribution in [0, 0.1) is 0 Å². The number of rotatable bonds is 5. The molecule has 0 spiro atoms. The standard InChI is InChI=1S/C15H17BrN2O/c1-11(2)17-9-12-6-7-15(18-10-12)19-14-5-3-4-13(16)8-14/h3-8,10-11,17H,9H2,1-2H3. The van der Waals surface area contributed by atoms with Crippen LogP contribution in [-0.4, -0.2) is 11.0 Å². The first-order valence-electron chi connectivity index (χ1n) is 6.25. The zero-order valence-corrected chi connectivity index (χ0v) is 12.6. The second-order valence-corrected chi connectivity index (χ2v) is 5.52. The van der Waals surface area contributed by atoms with E-state index in [1.54, 1.807) is 0 Å². The van der Waals surface area contributed by atoms with Crippen LogP contribution in [-0.2, 0) is 6.54 Å². The van der Waals surface area contributed by atoms with E-state index < -0.39 is 0 Å². The van der Waals surface area contributed by atoms with Crippen molar-refractivity contribution in [1.29, 1.82) is 0 Å². The fraction of sp³-hybridized carbons (Fsp3) is 0.267. The molecule has 3 nitrogen and oxygen atoms in total. The third kappa shape index (κ3) is 4.65. The van der Waals surface area contributed by atoms with Crippen LogP contribution in [0.3, 0.4) is 0 Å². The SMILES string of the molecule is CC(C)NCc1ccc(Oc2cccc(Br)c2)nc1. The summed E-state index contributed by atoms with van der Waals surface area (Å²) in [7, 11) is 0. The number of hydrogen-bond donors (Lipinski definition) is 1. The number of nitrogens with zero attached hydrogens (tertiary/aromatic N) is 1. The summed E-state index contributed by atoms with van der Waals surface area (Å²) in [6.07, 6.45) is 1.84. The summed E-state index contributed by atoms with van der Waals surface area (Å²) in [4.78, 5) is 4.30. The number of ether oxygens (including phenoxy) is 1. The van der Waals surface area contributed by atoms with E-state index in [1.807, 2.05) is 42.6 Å². The number of aromatic nitrogens is 1. The van der Waals surface area contributed by atoms with Crippen molar-refractivity contribution in [2.45, 2.75) is 26.4 Å². The minimum Gasteiger partial charge on any atom is -0.439 e. The van der Waals surface area contributed by atoms with E-state index in [4.69, 9.17) is 4.74 Å². The van der Waals surface area contributed by atoms with Gasteiger partial charge in [-0.1, -0.05) is 41.9 Å². The second kappa shape index (κ2) is 6.68. The smallest absolute Gasteiger partial charge is 0.219 e. The van der Waals surface area contributed by atoms with E-state index in [0.717, 1.165) is 22.3 Å². The molecule has 0 saturated heterocycles. The molecule has 0 atom stereocenters. The minimum atomic E-state index is 0.470. The van der Waals surface area contributed by atoms with Gasteiger partial charge in [-0.2, -0.15) is 0 Å². The van der Waals surface area contributed by atoms with E-state index in [2.05, 4.69) is 40.1 Å². The molecule has 1 aromatic heterocycles. The molecule has 1 N–H and O–H groups in total.